The SMILES string of the molecule is CC(C)C[B-](CC(C)C)CC(C)C.[Li+]. The average Bonchev–Trinajstić information content (AvgIpc) is 1.80. The summed E-state index contributed by atoms with van der Waals surface area (Å²) >= 11 is 0. The van der Waals surface area contributed by atoms with Gasteiger partial charge in [0.2, 0.25) is 0 Å². The molecule has 0 amide bonds. The molecule has 0 aliphatic rings. The van der Waals surface area contributed by atoms with Gasteiger partial charge in [0.25, 0.3) is 0 Å². The van der Waals surface area contributed by atoms with E-state index >= 15 is 0 Å². The van der Waals surface area contributed by atoms with Crippen molar-refractivity contribution in [3.63, 3.8) is 0 Å². The first-order valence-electron chi connectivity index (χ1n) is 5.91. The van der Waals surface area contributed by atoms with E-state index in [1.54, 1.807) is 0 Å². The monoisotopic (exact) mass is 189 g/mol. The smallest absolute Gasteiger partial charge is 0.206 e. The van der Waals surface area contributed by atoms with Gasteiger partial charge in [-0.25, -0.2) is 19.0 Å². The molecule has 0 bridgehead atoms. The van der Waals surface area contributed by atoms with E-state index in [4.69, 9.17) is 0 Å². The third-order valence-electron chi connectivity index (χ3n) is 2.41. The van der Waals surface area contributed by atoms with Gasteiger partial charge in [-0.05, 0) is 0 Å². The maximum Gasteiger partial charge on any atom is 1.00 e. The molecule has 14 heavy (non-hydrogen) atoms. The molecule has 0 saturated carbocycles. The molecule has 0 nitrogen and oxygen atoms in total. The van der Waals surface area contributed by atoms with Gasteiger partial charge in [0.05, 0.1) is 0 Å². The van der Waals surface area contributed by atoms with Crippen molar-refractivity contribution < 1.29 is 18.9 Å². The molecule has 0 fully saturated rings. The fourth-order valence-corrected chi connectivity index (χ4v) is 2.29. The van der Waals surface area contributed by atoms with Gasteiger partial charge >= 0.3 is 18.9 Å². The Hall–Kier alpha value is 0.662. The predicted octanol–water partition coefficient (Wildman–Crippen LogP) is 1.45. The molecule has 2 heteroatoms. The van der Waals surface area contributed by atoms with Crippen molar-refractivity contribution in [3.8, 4) is 0 Å². The van der Waals surface area contributed by atoms with Gasteiger partial charge in [0, 0.05) is 0 Å². The Balaban J connectivity index is 0. The molecule has 0 aromatic carbocycles. The van der Waals surface area contributed by atoms with Crippen molar-refractivity contribution in [2.24, 2.45) is 17.8 Å². The molecule has 0 aromatic rings. The Morgan fingerprint density at radius 2 is 0.857 bits per heavy atom. The Morgan fingerprint density at radius 1 is 0.643 bits per heavy atom. The topological polar surface area (TPSA) is 0 Å². The van der Waals surface area contributed by atoms with Crippen LogP contribution < -0.4 is 18.9 Å². The van der Waals surface area contributed by atoms with Gasteiger partial charge in [-0.15, -0.1) is 6.71 Å². The van der Waals surface area contributed by atoms with E-state index in [1.807, 2.05) is 0 Å². The summed E-state index contributed by atoms with van der Waals surface area (Å²) in [6.07, 6.45) is 4.24. The number of rotatable bonds is 6. The van der Waals surface area contributed by atoms with Crippen LogP contribution in [0.1, 0.15) is 41.5 Å². The molecular weight excluding hydrogens is 162 g/mol. The van der Waals surface area contributed by atoms with E-state index in [9.17, 15) is 0 Å². The first-order valence-corrected chi connectivity index (χ1v) is 5.91. The summed E-state index contributed by atoms with van der Waals surface area (Å²) in [7, 11) is 0. The number of hydrogen-bond acceptors (Lipinski definition) is 0. The summed E-state index contributed by atoms with van der Waals surface area (Å²) in [5.41, 5.74) is 0. The quantitative estimate of drug-likeness (QED) is 0.555. The molecule has 0 heterocycles. The Kier molecular flexibility index (Phi) is 10.9. The second-order valence-corrected chi connectivity index (χ2v) is 5.75. The summed E-state index contributed by atoms with van der Waals surface area (Å²) in [6, 6.07) is 0. The van der Waals surface area contributed by atoms with Gasteiger partial charge in [0.15, 0.2) is 0 Å². The normalized spacial score (nSPS) is 11.6. The molecule has 0 atom stereocenters. The molecule has 0 aliphatic carbocycles. The van der Waals surface area contributed by atoms with Crippen LogP contribution in [-0.4, -0.2) is 6.71 Å². The Bertz CT molecular complexity index is 97.7. The molecule has 0 aliphatic heterocycles. The van der Waals surface area contributed by atoms with E-state index < -0.39 is 0 Å². The van der Waals surface area contributed by atoms with Crippen LogP contribution in [-0.2, 0) is 0 Å². The maximum absolute atomic E-state index is 2.34. The van der Waals surface area contributed by atoms with Gasteiger partial charge in [-0.2, -0.15) is 0 Å². The first-order chi connectivity index (χ1) is 5.91. The van der Waals surface area contributed by atoms with Crippen molar-refractivity contribution in [3.05, 3.63) is 0 Å². The molecule has 0 saturated heterocycles. The molecule has 0 spiro atoms. The summed E-state index contributed by atoms with van der Waals surface area (Å²) < 4.78 is 0. The van der Waals surface area contributed by atoms with Crippen molar-refractivity contribution in [1.82, 2.24) is 0 Å². The van der Waals surface area contributed by atoms with Crippen LogP contribution in [0.5, 0.6) is 0 Å². The number of hydrogen-bond donors (Lipinski definition) is 0. The van der Waals surface area contributed by atoms with Crippen molar-refractivity contribution in [2.75, 3.05) is 0 Å². The zero-order chi connectivity index (χ0) is 10.4. The summed E-state index contributed by atoms with van der Waals surface area (Å²) in [5.74, 6) is 2.59. The maximum atomic E-state index is 2.34. The van der Waals surface area contributed by atoms with Gasteiger partial charge in [-0.3, -0.25) is 0 Å². The minimum absolute atomic E-state index is 0. The van der Waals surface area contributed by atoms with Crippen molar-refractivity contribution in [2.45, 2.75) is 60.5 Å². The minimum atomic E-state index is 0. The van der Waals surface area contributed by atoms with Gasteiger partial charge in [0.1, 0.15) is 0 Å². The van der Waals surface area contributed by atoms with Crippen molar-refractivity contribution >= 4 is 6.71 Å². The molecule has 1 radical (unpaired) electrons. The zero-order valence-corrected chi connectivity index (χ0v) is 11.4. The second kappa shape index (κ2) is 8.93. The molecule has 79 valence electrons. The van der Waals surface area contributed by atoms with Crippen LogP contribution in [0.3, 0.4) is 0 Å². The van der Waals surface area contributed by atoms with Crippen LogP contribution in [0, 0.1) is 17.8 Å². The van der Waals surface area contributed by atoms with E-state index in [2.05, 4.69) is 41.5 Å². The predicted molar refractivity (Wildman–Crippen MR) is 64.7 cm³/mol. The van der Waals surface area contributed by atoms with E-state index in [1.165, 1.54) is 19.0 Å². The van der Waals surface area contributed by atoms with Crippen LogP contribution in [0.25, 0.3) is 0 Å². The summed E-state index contributed by atoms with van der Waals surface area (Å²) in [5, 5.41) is 0. The molecule has 0 rings (SSSR count). The molecular formula is C12H27BLi. The first kappa shape index (κ1) is 17.1. The van der Waals surface area contributed by atoms with E-state index in [0.29, 0.717) is 0 Å². The molecule has 0 unspecified atom stereocenters. The Labute approximate surface area is 104 Å². The van der Waals surface area contributed by atoms with Crippen LogP contribution in [0.2, 0.25) is 19.0 Å². The fourth-order valence-electron chi connectivity index (χ4n) is 2.29. The zero-order valence-electron chi connectivity index (χ0n) is 11.4. The van der Waals surface area contributed by atoms with Crippen LogP contribution in [0.4, 0.5) is 0 Å². The Morgan fingerprint density at radius 3 is 1.00 bits per heavy atom. The molecule has 0 aromatic heterocycles. The van der Waals surface area contributed by atoms with Gasteiger partial charge < -0.3 is 0 Å². The third-order valence-corrected chi connectivity index (χ3v) is 2.41. The minimum Gasteiger partial charge on any atom is -0.206 e. The van der Waals surface area contributed by atoms with E-state index in [-0.39, 0.29) is 18.9 Å². The average molecular weight is 189 g/mol. The second-order valence-electron chi connectivity index (χ2n) is 5.75. The van der Waals surface area contributed by atoms with Gasteiger partial charge in [-0.1, -0.05) is 59.3 Å². The summed E-state index contributed by atoms with van der Waals surface area (Å²) in [4.78, 5) is 0. The van der Waals surface area contributed by atoms with E-state index in [0.717, 1.165) is 24.5 Å². The largest absolute Gasteiger partial charge is 1.00 e. The van der Waals surface area contributed by atoms with Crippen LogP contribution >= 0.6 is 0 Å². The summed E-state index contributed by atoms with van der Waals surface area (Å²) in [6.45, 7) is 15.0. The molecule has 0 N–H and O–H groups in total. The van der Waals surface area contributed by atoms with Crippen LogP contribution in [0.15, 0.2) is 0 Å². The van der Waals surface area contributed by atoms with Crippen molar-refractivity contribution in [1.29, 1.82) is 0 Å². The third kappa shape index (κ3) is 10.7. The standard InChI is InChI=1S/C12H27B.Li/c1-10(2)7-13(8-11(3)4)9-12(5)6;/h10-12H,7-9H2,1-6H3;/q-1;+1. The fraction of sp³-hybridized carbons (Fsp3) is 1.00.